The number of aliphatic hydroxyl groups is 1. The highest BCUT2D eigenvalue weighted by Gasteiger charge is 2.12. The average molecular weight is 323 g/mol. The molecule has 0 aliphatic rings. The van der Waals surface area contributed by atoms with Gasteiger partial charge in [-0.3, -0.25) is 4.68 Å². The summed E-state index contributed by atoms with van der Waals surface area (Å²) in [5.41, 5.74) is 0.686. The van der Waals surface area contributed by atoms with Gasteiger partial charge < -0.3 is 10.4 Å². The summed E-state index contributed by atoms with van der Waals surface area (Å²) < 4.78 is 24.6. The van der Waals surface area contributed by atoms with Gasteiger partial charge in [0.2, 0.25) is 0 Å². The first-order valence-electron chi connectivity index (χ1n) is 7.05. The number of aromatic nitrogens is 2. The van der Waals surface area contributed by atoms with Gasteiger partial charge in [-0.1, -0.05) is 12.1 Å². The molecular formula is C15H21N3O3S. The van der Waals surface area contributed by atoms with Crippen molar-refractivity contribution >= 4 is 9.84 Å². The van der Waals surface area contributed by atoms with Crippen LogP contribution in [0.25, 0.3) is 0 Å². The Kier molecular flexibility index (Phi) is 5.33. The molecule has 1 aromatic carbocycles. The second-order valence-corrected chi connectivity index (χ2v) is 7.41. The van der Waals surface area contributed by atoms with Crippen molar-refractivity contribution in [2.24, 2.45) is 0 Å². The molecule has 0 amide bonds. The summed E-state index contributed by atoms with van der Waals surface area (Å²) in [4.78, 5) is 0.253. The molecule has 2 unspecified atom stereocenters. The van der Waals surface area contributed by atoms with Gasteiger partial charge in [-0.25, -0.2) is 8.42 Å². The molecule has 0 aliphatic carbocycles. The maximum Gasteiger partial charge on any atom is 0.175 e. The van der Waals surface area contributed by atoms with Gasteiger partial charge in [0.05, 0.1) is 17.5 Å². The van der Waals surface area contributed by atoms with Crippen LogP contribution in [0.5, 0.6) is 0 Å². The van der Waals surface area contributed by atoms with Crippen LogP contribution in [-0.4, -0.2) is 42.1 Å². The van der Waals surface area contributed by atoms with E-state index in [2.05, 4.69) is 10.4 Å². The van der Waals surface area contributed by atoms with Gasteiger partial charge in [0.25, 0.3) is 0 Å². The Balaban J connectivity index is 1.88. The van der Waals surface area contributed by atoms with E-state index in [4.69, 9.17) is 0 Å². The van der Waals surface area contributed by atoms with Crippen molar-refractivity contribution in [1.82, 2.24) is 15.1 Å². The molecule has 120 valence electrons. The standard InChI is InChI=1S/C15H21N3O3S/c1-12(11-18-9-3-8-17-18)16-10-15(19)13-4-6-14(7-5-13)22(2,20)21/h3-9,12,15-16,19H,10-11H2,1-2H3. The fraction of sp³-hybridized carbons (Fsp3) is 0.400. The Morgan fingerprint density at radius 2 is 2.00 bits per heavy atom. The molecule has 2 aromatic rings. The summed E-state index contributed by atoms with van der Waals surface area (Å²) in [5, 5.41) is 17.5. The monoisotopic (exact) mass is 323 g/mol. The van der Waals surface area contributed by atoms with Crippen LogP contribution in [0.3, 0.4) is 0 Å². The molecule has 0 aliphatic heterocycles. The molecule has 0 saturated heterocycles. The third-order valence-corrected chi connectivity index (χ3v) is 4.50. The fourth-order valence-corrected chi connectivity index (χ4v) is 2.75. The largest absolute Gasteiger partial charge is 0.387 e. The van der Waals surface area contributed by atoms with E-state index >= 15 is 0 Å². The summed E-state index contributed by atoms with van der Waals surface area (Å²) >= 11 is 0. The number of hydrogen-bond acceptors (Lipinski definition) is 5. The summed E-state index contributed by atoms with van der Waals surface area (Å²) in [7, 11) is -3.21. The number of benzene rings is 1. The molecule has 0 saturated carbocycles. The highest BCUT2D eigenvalue weighted by molar-refractivity contribution is 7.90. The van der Waals surface area contributed by atoms with Crippen molar-refractivity contribution < 1.29 is 13.5 Å². The molecule has 0 fully saturated rings. The Bertz CT molecular complexity index is 681. The van der Waals surface area contributed by atoms with E-state index in [1.165, 1.54) is 12.1 Å². The van der Waals surface area contributed by atoms with Crippen LogP contribution in [-0.2, 0) is 16.4 Å². The average Bonchev–Trinajstić information content (AvgIpc) is 2.97. The lowest BCUT2D eigenvalue weighted by molar-refractivity contribution is 0.169. The first-order valence-corrected chi connectivity index (χ1v) is 8.94. The van der Waals surface area contributed by atoms with Crippen molar-refractivity contribution in [3.05, 3.63) is 48.3 Å². The lowest BCUT2D eigenvalue weighted by atomic mass is 10.1. The minimum atomic E-state index is -3.21. The quantitative estimate of drug-likeness (QED) is 0.794. The number of hydrogen-bond donors (Lipinski definition) is 2. The first kappa shape index (κ1) is 16.7. The summed E-state index contributed by atoms with van der Waals surface area (Å²) in [6, 6.07) is 8.33. The number of sulfone groups is 1. The SMILES string of the molecule is CC(Cn1cccn1)NCC(O)c1ccc(S(C)(=O)=O)cc1. The van der Waals surface area contributed by atoms with Crippen LogP contribution in [0, 0.1) is 0 Å². The summed E-state index contributed by atoms with van der Waals surface area (Å²) in [6.07, 6.45) is 4.09. The number of aliphatic hydroxyl groups excluding tert-OH is 1. The number of nitrogens with one attached hydrogen (secondary N) is 1. The molecule has 2 N–H and O–H groups in total. The first-order chi connectivity index (χ1) is 10.4. The summed E-state index contributed by atoms with van der Waals surface area (Å²) in [5.74, 6) is 0. The minimum Gasteiger partial charge on any atom is -0.387 e. The van der Waals surface area contributed by atoms with Crippen molar-refractivity contribution in [2.75, 3.05) is 12.8 Å². The van der Waals surface area contributed by atoms with Gasteiger partial charge in [-0.15, -0.1) is 0 Å². The van der Waals surface area contributed by atoms with Crippen molar-refractivity contribution in [2.45, 2.75) is 30.5 Å². The summed E-state index contributed by atoms with van der Waals surface area (Å²) in [6.45, 7) is 3.12. The van der Waals surface area contributed by atoms with Crippen molar-refractivity contribution in [1.29, 1.82) is 0 Å². The predicted octanol–water partition coefficient (Wildman–Crippen LogP) is 0.998. The van der Waals surface area contributed by atoms with E-state index in [9.17, 15) is 13.5 Å². The van der Waals surface area contributed by atoms with Crippen molar-refractivity contribution in [3.8, 4) is 0 Å². The molecule has 0 radical (unpaired) electrons. The van der Waals surface area contributed by atoms with E-state index in [1.54, 1.807) is 18.3 Å². The van der Waals surface area contributed by atoms with E-state index in [0.29, 0.717) is 18.7 Å². The van der Waals surface area contributed by atoms with Gasteiger partial charge >= 0.3 is 0 Å². The Morgan fingerprint density at radius 1 is 1.32 bits per heavy atom. The van der Waals surface area contributed by atoms with E-state index < -0.39 is 15.9 Å². The zero-order chi connectivity index (χ0) is 16.2. The number of nitrogens with zero attached hydrogens (tertiary/aromatic N) is 2. The maximum atomic E-state index is 11.4. The minimum absolute atomic E-state index is 0.157. The Morgan fingerprint density at radius 3 is 2.55 bits per heavy atom. The third kappa shape index (κ3) is 4.66. The smallest absolute Gasteiger partial charge is 0.175 e. The zero-order valence-corrected chi connectivity index (χ0v) is 13.5. The van der Waals surface area contributed by atoms with Gasteiger partial charge in [-0.05, 0) is 30.7 Å². The second-order valence-electron chi connectivity index (χ2n) is 5.39. The highest BCUT2D eigenvalue weighted by Crippen LogP contribution is 2.16. The second kappa shape index (κ2) is 7.04. The molecule has 2 atom stereocenters. The molecule has 0 spiro atoms. The lowest BCUT2D eigenvalue weighted by Gasteiger charge is -2.17. The van der Waals surface area contributed by atoms with E-state index in [0.717, 1.165) is 6.26 Å². The molecule has 2 rings (SSSR count). The predicted molar refractivity (Wildman–Crippen MR) is 84.2 cm³/mol. The molecule has 7 heteroatoms. The van der Waals surface area contributed by atoms with Crippen LogP contribution in [0.15, 0.2) is 47.6 Å². The third-order valence-electron chi connectivity index (χ3n) is 3.37. The number of rotatable bonds is 7. The van der Waals surface area contributed by atoms with Crippen LogP contribution in [0.2, 0.25) is 0 Å². The van der Waals surface area contributed by atoms with Gasteiger partial charge in [0, 0.05) is 31.2 Å². The van der Waals surface area contributed by atoms with E-state index in [-0.39, 0.29) is 10.9 Å². The van der Waals surface area contributed by atoms with Gasteiger partial charge in [-0.2, -0.15) is 5.10 Å². The molecule has 1 aromatic heterocycles. The topological polar surface area (TPSA) is 84.2 Å². The lowest BCUT2D eigenvalue weighted by Crippen LogP contribution is -2.33. The molecule has 0 bridgehead atoms. The van der Waals surface area contributed by atoms with Crippen LogP contribution >= 0.6 is 0 Å². The van der Waals surface area contributed by atoms with Crippen molar-refractivity contribution in [3.63, 3.8) is 0 Å². The Labute approximate surface area is 130 Å². The molecule has 22 heavy (non-hydrogen) atoms. The van der Waals surface area contributed by atoms with E-state index in [1.807, 2.05) is 23.9 Å². The van der Waals surface area contributed by atoms with Gasteiger partial charge in [0.1, 0.15) is 0 Å². The highest BCUT2D eigenvalue weighted by atomic mass is 32.2. The fourth-order valence-electron chi connectivity index (χ4n) is 2.12. The van der Waals surface area contributed by atoms with Gasteiger partial charge in [0.15, 0.2) is 9.84 Å². The van der Waals surface area contributed by atoms with Crippen LogP contribution in [0.4, 0.5) is 0 Å². The van der Waals surface area contributed by atoms with Crippen LogP contribution < -0.4 is 5.32 Å². The molecular weight excluding hydrogens is 302 g/mol. The Hall–Kier alpha value is -1.70. The normalized spacial score (nSPS) is 14.7. The molecule has 6 nitrogen and oxygen atoms in total. The van der Waals surface area contributed by atoms with Crippen LogP contribution in [0.1, 0.15) is 18.6 Å². The maximum absolute atomic E-state index is 11.4. The zero-order valence-electron chi connectivity index (χ0n) is 12.7. The molecule has 1 heterocycles.